The van der Waals surface area contributed by atoms with E-state index in [1.165, 1.54) is 0 Å². The van der Waals surface area contributed by atoms with Crippen LogP contribution in [-0.2, 0) is 11.3 Å². The maximum Gasteiger partial charge on any atom is 0.223 e. The number of amides is 1. The molecule has 6 heteroatoms. The number of piperazine rings is 1. The van der Waals surface area contributed by atoms with E-state index >= 15 is 0 Å². The third kappa shape index (κ3) is 5.63. The number of benzene rings is 1. The fourth-order valence-electron chi connectivity index (χ4n) is 3.30. The Labute approximate surface area is 166 Å². The quantitative estimate of drug-likeness (QED) is 0.658. The number of hydrogen-bond acceptors (Lipinski definition) is 5. The number of ether oxygens (including phenoxy) is 1. The highest BCUT2D eigenvalue weighted by atomic mass is 16.5. The lowest BCUT2D eigenvalue weighted by Crippen LogP contribution is -2.48. The molecule has 1 aliphatic rings. The van der Waals surface area contributed by atoms with Crippen LogP contribution in [0.1, 0.15) is 35.8 Å². The number of ketones is 1. The number of aromatic nitrogens is 1. The van der Waals surface area contributed by atoms with Crippen LogP contribution in [0.3, 0.4) is 0 Å². The largest absolute Gasteiger partial charge is 0.494 e. The van der Waals surface area contributed by atoms with E-state index in [2.05, 4.69) is 9.88 Å². The first-order valence-corrected chi connectivity index (χ1v) is 9.82. The van der Waals surface area contributed by atoms with Crippen LogP contribution in [0.5, 0.6) is 5.75 Å². The van der Waals surface area contributed by atoms with Gasteiger partial charge in [0.05, 0.1) is 12.3 Å². The second kappa shape index (κ2) is 9.99. The number of pyridine rings is 1. The molecule has 2 heterocycles. The maximum atomic E-state index is 12.5. The maximum absolute atomic E-state index is 12.5. The monoisotopic (exact) mass is 381 g/mol. The van der Waals surface area contributed by atoms with Gasteiger partial charge in [0, 0.05) is 57.3 Å². The molecule has 0 radical (unpaired) electrons. The van der Waals surface area contributed by atoms with Gasteiger partial charge < -0.3 is 9.64 Å². The Morgan fingerprint density at radius 1 is 1.00 bits per heavy atom. The van der Waals surface area contributed by atoms with Crippen molar-refractivity contribution in [1.29, 1.82) is 0 Å². The molecule has 1 aliphatic heterocycles. The Hall–Kier alpha value is -2.73. The SMILES string of the molecule is CCOc1ccc(C(=O)CCC(=O)N2CCN(Cc3ccccn3)CC2)cc1. The predicted molar refractivity (Wildman–Crippen MR) is 107 cm³/mol. The van der Waals surface area contributed by atoms with E-state index in [1.54, 1.807) is 30.5 Å². The summed E-state index contributed by atoms with van der Waals surface area (Å²) >= 11 is 0. The van der Waals surface area contributed by atoms with Gasteiger partial charge in [0.2, 0.25) is 5.91 Å². The summed E-state index contributed by atoms with van der Waals surface area (Å²) < 4.78 is 5.38. The third-order valence-electron chi connectivity index (χ3n) is 4.89. The van der Waals surface area contributed by atoms with Crippen LogP contribution in [0.25, 0.3) is 0 Å². The summed E-state index contributed by atoms with van der Waals surface area (Å²) in [5, 5.41) is 0. The summed E-state index contributed by atoms with van der Waals surface area (Å²) in [6.45, 7) is 6.37. The molecule has 28 heavy (non-hydrogen) atoms. The Balaban J connectivity index is 1.41. The van der Waals surface area contributed by atoms with Gasteiger partial charge in [-0.3, -0.25) is 19.5 Å². The van der Waals surface area contributed by atoms with Crippen molar-refractivity contribution in [3.8, 4) is 5.75 Å². The highest BCUT2D eigenvalue weighted by Gasteiger charge is 2.22. The van der Waals surface area contributed by atoms with E-state index in [9.17, 15) is 9.59 Å². The number of hydrogen-bond donors (Lipinski definition) is 0. The van der Waals surface area contributed by atoms with E-state index in [4.69, 9.17) is 4.74 Å². The number of carbonyl (C=O) groups is 2. The van der Waals surface area contributed by atoms with Gasteiger partial charge in [0.15, 0.2) is 5.78 Å². The van der Waals surface area contributed by atoms with E-state index < -0.39 is 0 Å². The fraction of sp³-hybridized carbons (Fsp3) is 0.409. The molecule has 0 bridgehead atoms. The van der Waals surface area contributed by atoms with Crippen molar-refractivity contribution >= 4 is 11.7 Å². The van der Waals surface area contributed by atoms with Crippen LogP contribution in [0.15, 0.2) is 48.7 Å². The van der Waals surface area contributed by atoms with Crippen LogP contribution in [-0.4, -0.2) is 59.3 Å². The summed E-state index contributed by atoms with van der Waals surface area (Å²) in [4.78, 5) is 33.3. The zero-order valence-electron chi connectivity index (χ0n) is 16.3. The Kier molecular flexibility index (Phi) is 7.14. The van der Waals surface area contributed by atoms with Crippen LogP contribution in [0.4, 0.5) is 0 Å². The molecule has 1 amide bonds. The minimum Gasteiger partial charge on any atom is -0.494 e. The molecule has 0 saturated carbocycles. The van der Waals surface area contributed by atoms with E-state index in [0.717, 1.165) is 31.1 Å². The van der Waals surface area contributed by atoms with Crippen molar-refractivity contribution in [2.45, 2.75) is 26.3 Å². The van der Waals surface area contributed by atoms with Crippen molar-refractivity contribution in [2.24, 2.45) is 0 Å². The highest BCUT2D eigenvalue weighted by Crippen LogP contribution is 2.15. The van der Waals surface area contributed by atoms with Crippen LogP contribution in [0, 0.1) is 0 Å². The number of Topliss-reactive ketones (excluding diaryl/α,β-unsaturated/α-hetero) is 1. The molecule has 2 aromatic rings. The summed E-state index contributed by atoms with van der Waals surface area (Å²) in [5.41, 5.74) is 1.67. The van der Waals surface area contributed by atoms with Gasteiger partial charge in [-0.15, -0.1) is 0 Å². The standard InChI is InChI=1S/C22H27N3O3/c1-2-28-20-8-6-18(7-9-20)21(26)10-11-22(27)25-15-13-24(14-16-25)17-19-5-3-4-12-23-19/h3-9,12H,2,10-11,13-17H2,1H3. The lowest BCUT2D eigenvalue weighted by molar-refractivity contribution is -0.133. The molecule has 1 aromatic heterocycles. The molecule has 0 N–H and O–H groups in total. The van der Waals surface area contributed by atoms with Gasteiger partial charge in [-0.1, -0.05) is 6.07 Å². The molecule has 148 valence electrons. The first-order chi connectivity index (χ1) is 13.7. The topological polar surface area (TPSA) is 62.7 Å². The lowest BCUT2D eigenvalue weighted by Gasteiger charge is -2.34. The zero-order chi connectivity index (χ0) is 19.8. The van der Waals surface area contributed by atoms with E-state index in [1.807, 2.05) is 30.0 Å². The zero-order valence-corrected chi connectivity index (χ0v) is 16.3. The minimum absolute atomic E-state index is 0.00909. The summed E-state index contributed by atoms with van der Waals surface area (Å²) in [7, 11) is 0. The molecule has 0 spiro atoms. The van der Waals surface area contributed by atoms with E-state index in [-0.39, 0.29) is 24.5 Å². The van der Waals surface area contributed by atoms with Gasteiger partial charge in [0.25, 0.3) is 0 Å². The third-order valence-corrected chi connectivity index (χ3v) is 4.89. The molecule has 1 aromatic carbocycles. The normalized spacial score (nSPS) is 14.7. The minimum atomic E-state index is -0.00909. The Morgan fingerprint density at radius 3 is 2.39 bits per heavy atom. The molecule has 0 atom stereocenters. The van der Waals surface area contributed by atoms with Crippen molar-refractivity contribution in [3.05, 3.63) is 59.9 Å². The van der Waals surface area contributed by atoms with Crippen molar-refractivity contribution in [2.75, 3.05) is 32.8 Å². The van der Waals surface area contributed by atoms with Gasteiger partial charge in [-0.05, 0) is 43.3 Å². The molecular weight excluding hydrogens is 354 g/mol. The molecule has 0 aliphatic carbocycles. The Bertz CT molecular complexity index is 769. The van der Waals surface area contributed by atoms with Crippen molar-refractivity contribution < 1.29 is 14.3 Å². The first-order valence-electron chi connectivity index (χ1n) is 9.82. The van der Waals surface area contributed by atoms with Gasteiger partial charge in [-0.25, -0.2) is 0 Å². The average Bonchev–Trinajstić information content (AvgIpc) is 2.74. The molecular formula is C22H27N3O3. The first kappa shape index (κ1) is 20.0. The summed E-state index contributed by atoms with van der Waals surface area (Å²) in [6, 6.07) is 13.0. The number of nitrogens with zero attached hydrogens (tertiary/aromatic N) is 3. The molecule has 1 fully saturated rings. The predicted octanol–water partition coefficient (Wildman–Crippen LogP) is 2.79. The Morgan fingerprint density at radius 2 is 1.75 bits per heavy atom. The molecule has 6 nitrogen and oxygen atoms in total. The fourth-order valence-corrected chi connectivity index (χ4v) is 3.30. The average molecular weight is 381 g/mol. The smallest absolute Gasteiger partial charge is 0.223 e. The molecule has 3 rings (SSSR count). The summed E-state index contributed by atoms with van der Waals surface area (Å²) in [5.74, 6) is 0.792. The second-order valence-electron chi connectivity index (χ2n) is 6.86. The van der Waals surface area contributed by atoms with Gasteiger partial charge in [-0.2, -0.15) is 0 Å². The second-order valence-corrected chi connectivity index (χ2v) is 6.86. The van der Waals surface area contributed by atoms with Gasteiger partial charge in [0.1, 0.15) is 5.75 Å². The molecule has 0 unspecified atom stereocenters. The van der Waals surface area contributed by atoms with Crippen LogP contribution >= 0.6 is 0 Å². The number of carbonyl (C=O) groups excluding carboxylic acids is 2. The van der Waals surface area contributed by atoms with E-state index in [0.29, 0.717) is 25.3 Å². The van der Waals surface area contributed by atoms with Crippen LogP contribution < -0.4 is 4.74 Å². The van der Waals surface area contributed by atoms with Crippen LogP contribution in [0.2, 0.25) is 0 Å². The summed E-state index contributed by atoms with van der Waals surface area (Å²) in [6.07, 6.45) is 2.30. The lowest BCUT2D eigenvalue weighted by atomic mass is 10.1. The number of rotatable bonds is 8. The highest BCUT2D eigenvalue weighted by molar-refractivity contribution is 5.98. The van der Waals surface area contributed by atoms with Crippen molar-refractivity contribution in [1.82, 2.24) is 14.8 Å². The van der Waals surface area contributed by atoms with Gasteiger partial charge >= 0.3 is 0 Å². The van der Waals surface area contributed by atoms with Crippen molar-refractivity contribution in [3.63, 3.8) is 0 Å². The molecule has 1 saturated heterocycles.